The summed E-state index contributed by atoms with van der Waals surface area (Å²) in [5.74, 6) is 1.27. The Morgan fingerprint density at radius 2 is 2.05 bits per heavy atom. The SMILES string of the molecule is COc1cccc(COc2cccc(C(N)=S)c2)n1. The van der Waals surface area contributed by atoms with Gasteiger partial charge in [-0.1, -0.05) is 30.4 Å². The summed E-state index contributed by atoms with van der Waals surface area (Å²) in [5, 5.41) is 0. The third kappa shape index (κ3) is 3.66. The van der Waals surface area contributed by atoms with Gasteiger partial charge in [-0.25, -0.2) is 4.98 Å². The van der Waals surface area contributed by atoms with Crippen LogP contribution in [-0.2, 0) is 6.61 Å². The first-order valence-corrected chi connectivity index (χ1v) is 6.12. The minimum Gasteiger partial charge on any atom is -0.487 e. The van der Waals surface area contributed by atoms with Crippen LogP contribution in [0.3, 0.4) is 0 Å². The van der Waals surface area contributed by atoms with Crippen molar-refractivity contribution in [2.75, 3.05) is 7.11 Å². The van der Waals surface area contributed by atoms with Crippen molar-refractivity contribution in [1.29, 1.82) is 0 Å². The largest absolute Gasteiger partial charge is 0.487 e. The molecular weight excluding hydrogens is 260 g/mol. The molecule has 2 aromatic rings. The van der Waals surface area contributed by atoms with Crippen LogP contribution in [-0.4, -0.2) is 17.1 Å². The van der Waals surface area contributed by atoms with Gasteiger partial charge in [0.25, 0.3) is 0 Å². The number of benzene rings is 1. The number of ether oxygens (including phenoxy) is 2. The van der Waals surface area contributed by atoms with Crippen molar-refractivity contribution in [2.45, 2.75) is 6.61 Å². The number of rotatable bonds is 5. The fourth-order valence-electron chi connectivity index (χ4n) is 1.55. The van der Waals surface area contributed by atoms with E-state index < -0.39 is 0 Å². The number of thiocarbonyl (C=S) groups is 1. The zero-order chi connectivity index (χ0) is 13.7. The normalized spacial score (nSPS) is 9.95. The standard InChI is InChI=1S/C14H14N2O2S/c1-17-13-7-3-5-11(16-13)9-18-12-6-2-4-10(8-12)14(15)19/h2-8H,9H2,1H3,(H2,15,19). The highest BCUT2D eigenvalue weighted by molar-refractivity contribution is 7.80. The van der Waals surface area contributed by atoms with Gasteiger partial charge in [-0.2, -0.15) is 0 Å². The Balaban J connectivity index is 2.05. The zero-order valence-corrected chi connectivity index (χ0v) is 11.3. The van der Waals surface area contributed by atoms with Crippen LogP contribution in [0.2, 0.25) is 0 Å². The van der Waals surface area contributed by atoms with Crippen LogP contribution in [0.5, 0.6) is 11.6 Å². The summed E-state index contributed by atoms with van der Waals surface area (Å²) >= 11 is 4.93. The van der Waals surface area contributed by atoms with Gasteiger partial charge in [-0.3, -0.25) is 0 Å². The molecule has 2 rings (SSSR count). The van der Waals surface area contributed by atoms with E-state index in [1.807, 2.05) is 36.4 Å². The van der Waals surface area contributed by atoms with Crippen molar-refractivity contribution in [2.24, 2.45) is 5.73 Å². The number of hydrogen-bond donors (Lipinski definition) is 1. The molecule has 98 valence electrons. The quantitative estimate of drug-likeness (QED) is 0.848. The summed E-state index contributed by atoms with van der Waals surface area (Å²) in [7, 11) is 1.58. The minimum atomic E-state index is 0.352. The molecule has 2 N–H and O–H groups in total. The van der Waals surface area contributed by atoms with Gasteiger partial charge in [0.05, 0.1) is 12.8 Å². The number of nitrogens with two attached hydrogens (primary N) is 1. The van der Waals surface area contributed by atoms with E-state index in [0.29, 0.717) is 23.2 Å². The summed E-state index contributed by atoms with van der Waals surface area (Å²) in [6.45, 7) is 0.359. The molecule has 0 aliphatic heterocycles. The lowest BCUT2D eigenvalue weighted by Crippen LogP contribution is -2.09. The fraction of sp³-hybridized carbons (Fsp3) is 0.143. The van der Waals surface area contributed by atoms with Crippen molar-refractivity contribution in [1.82, 2.24) is 4.98 Å². The number of hydrogen-bond acceptors (Lipinski definition) is 4. The molecule has 0 radical (unpaired) electrons. The summed E-state index contributed by atoms with van der Waals surface area (Å²) < 4.78 is 10.7. The molecule has 1 aromatic heterocycles. The molecule has 0 aliphatic carbocycles. The van der Waals surface area contributed by atoms with Crippen LogP contribution in [0.25, 0.3) is 0 Å². The zero-order valence-electron chi connectivity index (χ0n) is 10.5. The first kappa shape index (κ1) is 13.3. The van der Waals surface area contributed by atoms with Crippen molar-refractivity contribution in [3.05, 3.63) is 53.7 Å². The Morgan fingerprint density at radius 3 is 2.79 bits per heavy atom. The van der Waals surface area contributed by atoms with Gasteiger partial charge in [-0.15, -0.1) is 0 Å². The van der Waals surface area contributed by atoms with Crippen LogP contribution < -0.4 is 15.2 Å². The predicted octanol–water partition coefficient (Wildman–Crippen LogP) is 2.30. The Labute approximate surface area is 117 Å². The van der Waals surface area contributed by atoms with Gasteiger partial charge >= 0.3 is 0 Å². The molecule has 5 heteroatoms. The molecule has 19 heavy (non-hydrogen) atoms. The molecule has 0 fully saturated rings. The van der Waals surface area contributed by atoms with Crippen LogP contribution >= 0.6 is 12.2 Å². The molecule has 0 saturated heterocycles. The molecule has 0 unspecified atom stereocenters. The molecule has 0 spiro atoms. The van der Waals surface area contributed by atoms with Gasteiger partial charge in [0.2, 0.25) is 5.88 Å². The maximum atomic E-state index is 5.65. The summed E-state index contributed by atoms with van der Waals surface area (Å²) in [5.41, 5.74) is 7.15. The summed E-state index contributed by atoms with van der Waals surface area (Å²) in [6.07, 6.45) is 0. The number of aromatic nitrogens is 1. The van der Waals surface area contributed by atoms with E-state index in [1.54, 1.807) is 13.2 Å². The highest BCUT2D eigenvalue weighted by Crippen LogP contribution is 2.15. The first-order chi connectivity index (χ1) is 9.19. The molecule has 4 nitrogen and oxygen atoms in total. The Bertz CT molecular complexity index is 587. The molecular formula is C14H14N2O2S. The lowest BCUT2D eigenvalue weighted by Gasteiger charge is -2.08. The Morgan fingerprint density at radius 1 is 1.26 bits per heavy atom. The van der Waals surface area contributed by atoms with Crippen molar-refractivity contribution in [3.8, 4) is 11.6 Å². The lowest BCUT2D eigenvalue weighted by molar-refractivity contribution is 0.298. The molecule has 0 bridgehead atoms. The van der Waals surface area contributed by atoms with Crippen molar-refractivity contribution in [3.63, 3.8) is 0 Å². The molecule has 0 atom stereocenters. The van der Waals surface area contributed by atoms with Gasteiger partial charge < -0.3 is 15.2 Å². The van der Waals surface area contributed by atoms with Gasteiger partial charge in [-0.05, 0) is 18.2 Å². The van der Waals surface area contributed by atoms with E-state index in [9.17, 15) is 0 Å². The van der Waals surface area contributed by atoms with E-state index in [0.717, 1.165) is 11.3 Å². The van der Waals surface area contributed by atoms with Crippen LogP contribution in [0, 0.1) is 0 Å². The fourth-order valence-corrected chi connectivity index (χ4v) is 1.68. The van der Waals surface area contributed by atoms with Crippen LogP contribution in [0.4, 0.5) is 0 Å². The van der Waals surface area contributed by atoms with Gasteiger partial charge in [0, 0.05) is 11.6 Å². The third-order valence-corrected chi connectivity index (χ3v) is 2.73. The second kappa shape index (κ2) is 6.15. The van der Waals surface area contributed by atoms with Crippen molar-refractivity contribution >= 4 is 17.2 Å². The summed E-state index contributed by atoms with van der Waals surface area (Å²) in [4.78, 5) is 4.62. The van der Waals surface area contributed by atoms with E-state index in [-0.39, 0.29) is 0 Å². The molecule has 1 heterocycles. The average Bonchev–Trinajstić information content (AvgIpc) is 2.45. The van der Waals surface area contributed by atoms with Crippen LogP contribution in [0.15, 0.2) is 42.5 Å². The maximum Gasteiger partial charge on any atom is 0.213 e. The number of methoxy groups -OCH3 is 1. The van der Waals surface area contributed by atoms with E-state index in [2.05, 4.69) is 4.98 Å². The van der Waals surface area contributed by atoms with Crippen LogP contribution in [0.1, 0.15) is 11.3 Å². The second-order valence-electron chi connectivity index (χ2n) is 3.85. The minimum absolute atomic E-state index is 0.352. The first-order valence-electron chi connectivity index (χ1n) is 5.71. The predicted molar refractivity (Wildman–Crippen MR) is 77.5 cm³/mol. The van der Waals surface area contributed by atoms with Crippen molar-refractivity contribution < 1.29 is 9.47 Å². The number of nitrogens with zero attached hydrogens (tertiary/aromatic N) is 1. The third-order valence-electron chi connectivity index (χ3n) is 2.50. The smallest absolute Gasteiger partial charge is 0.213 e. The summed E-state index contributed by atoms with van der Waals surface area (Å²) in [6, 6.07) is 12.9. The topological polar surface area (TPSA) is 57.4 Å². The maximum absolute atomic E-state index is 5.65. The van der Waals surface area contributed by atoms with E-state index >= 15 is 0 Å². The highest BCUT2D eigenvalue weighted by Gasteiger charge is 2.02. The Kier molecular flexibility index (Phi) is 4.30. The molecule has 0 saturated carbocycles. The van der Waals surface area contributed by atoms with Gasteiger partial charge in [0.15, 0.2) is 0 Å². The monoisotopic (exact) mass is 274 g/mol. The average molecular weight is 274 g/mol. The van der Waals surface area contributed by atoms with Gasteiger partial charge in [0.1, 0.15) is 17.3 Å². The number of pyridine rings is 1. The Hall–Kier alpha value is -2.14. The molecule has 0 amide bonds. The lowest BCUT2D eigenvalue weighted by atomic mass is 10.2. The van der Waals surface area contributed by atoms with E-state index in [1.165, 1.54) is 0 Å². The highest BCUT2D eigenvalue weighted by atomic mass is 32.1. The molecule has 1 aromatic carbocycles. The van der Waals surface area contributed by atoms with E-state index in [4.69, 9.17) is 27.4 Å². The second-order valence-corrected chi connectivity index (χ2v) is 4.29. The molecule has 0 aliphatic rings.